The topological polar surface area (TPSA) is 35.5 Å². The summed E-state index contributed by atoms with van der Waals surface area (Å²) in [4.78, 5) is 1.27. The van der Waals surface area contributed by atoms with Crippen LogP contribution in [0.2, 0.25) is 10.0 Å². The number of nitrogens with zero attached hydrogens (tertiary/aromatic N) is 1. The molecule has 8 heteroatoms. The Morgan fingerprint density at radius 1 is 1.20 bits per heavy atom. The molecule has 0 aromatic heterocycles. The number of halogens is 5. The van der Waals surface area contributed by atoms with Crippen molar-refractivity contribution in [3.05, 3.63) is 27.7 Å². The molecule has 1 aromatic rings. The lowest BCUT2D eigenvalue weighted by molar-refractivity contribution is -0.188. The highest BCUT2D eigenvalue weighted by Crippen LogP contribution is 2.45. The van der Waals surface area contributed by atoms with Crippen LogP contribution in [-0.2, 0) is 0 Å². The van der Waals surface area contributed by atoms with Gasteiger partial charge in [0.25, 0.3) is 0 Å². The molecule has 112 valence electrons. The maximum Gasteiger partial charge on any atom is 0.408 e. The van der Waals surface area contributed by atoms with Crippen LogP contribution in [0.5, 0.6) is 5.75 Å². The van der Waals surface area contributed by atoms with Gasteiger partial charge in [0, 0.05) is 31.7 Å². The second-order valence-corrected chi connectivity index (χ2v) is 5.31. The van der Waals surface area contributed by atoms with E-state index in [0.29, 0.717) is 13.1 Å². The number of benzene rings is 1. The van der Waals surface area contributed by atoms with E-state index in [1.54, 1.807) is 0 Å². The van der Waals surface area contributed by atoms with Gasteiger partial charge in [0.05, 0.1) is 5.02 Å². The van der Waals surface area contributed by atoms with Gasteiger partial charge < -0.3 is 10.4 Å². The Balaban J connectivity index is 2.44. The number of rotatable bonds is 2. The Labute approximate surface area is 124 Å². The maximum atomic E-state index is 13.4. The largest absolute Gasteiger partial charge is 0.506 e. The fourth-order valence-corrected chi connectivity index (χ4v) is 2.62. The smallest absolute Gasteiger partial charge is 0.408 e. The lowest BCUT2D eigenvalue weighted by atomic mass is 10.0. The lowest BCUT2D eigenvalue weighted by Gasteiger charge is -2.36. The molecule has 1 aliphatic heterocycles. The zero-order valence-corrected chi connectivity index (χ0v) is 11.9. The number of piperazine rings is 1. The molecule has 1 atom stereocenters. The van der Waals surface area contributed by atoms with Gasteiger partial charge in [0.2, 0.25) is 0 Å². The minimum atomic E-state index is -4.51. The first-order valence-electron chi connectivity index (χ1n) is 6.00. The SMILES string of the molecule is Oc1c([C@H](N2CCNCC2)C(F)(F)F)ccc(Cl)c1Cl. The number of alkyl halides is 3. The molecule has 0 aliphatic carbocycles. The summed E-state index contributed by atoms with van der Waals surface area (Å²) < 4.78 is 40.1. The standard InChI is InChI=1S/C12H13Cl2F3N2O/c13-8-2-1-7(10(20)9(8)14)11(12(15,16)17)19-5-3-18-4-6-19/h1-2,11,18,20H,3-6H2/t11-/m0/s1. The molecule has 3 nitrogen and oxygen atoms in total. The van der Waals surface area contributed by atoms with Crippen LogP contribution in [0.25, 0.3) is 0 Å². The summed E-state index contributed by atoms with van der Waals surface area (Å²) in [5.74, 6) is -0.611. The molecule has 0 unspecified atom stereocenters. The fourth-order valence-electron chi connectivity index (χ4n) is 2.30. The number of phenolic OH excluding ortho intramolecular Hbond substituents is 1. The Morgan fingerprint density at radius 2 is 1.80 bits per heavy atom. The quantitative estimate of drug-likeness (QED) is 0.875. The average Bonchev–Trinajstić information content (AvgIpc) is 2.39. The molecule has 1 heterocycles. The van der Waals surface area contributed by atoms with Crippen LogP contribution in [0.15, 0.2) is 12.1 Å². The third-order valence-electron chi connectivity index (χ3n) is 3.22. The van der Waals surface area contributed by atoms with Gasteiger partial charge in [-0.05, 0) is 6.07 Å². The van der Waals surface area contributed by atoms with Gasteiger partial charge in [-0.1, -0.05) is 29.3 Å². The molecule has 1 aliphatic rings. The molecule has 1 saturated heterocycles. The van der Waals surface area contributed by atoms with Crippen molar-refractivity contribution in [1.82, 2.24) is 10.2 Å². The number of phenols is 1. The first kappa shape index (κ1) is 15.7. The normalized spacial score (nSPS) is 19.1. The van der Waals surface area contributed by atoms with Crippen molar-refractivity contribution in [2.75, 3.05) is 26.2 Å². The summed E-state index contributed by atoms with van der Waals surface area (Å²) >= 11 is 11.4. The van der Waals surface area contributed by atoms with Gasteiger partial charge in [-0.15, -0.1) is 0 Å². The van der Waals surface area contributed by atoms with Crippen LogP contribution >= 0.6 is 23.2 Å². The van der Waals surface area contributed by atoms with Crippen molar-refractivity contribution in [3.8, 4) is 5.75 Å². The highest BCUT2D eigenvalue weighted by Gasteiger charge is 2.46. The number of hydrogen-bond acceptors (Lipinski definition) is 3. The first-order chi connectivity index (χ1) is 9.32. The minimum absolute atomic E-state index is 0.0224. The summed E-state index contributed by atoms with van der Waals surface area (Å²) in [5.41, 5.74) is -0.270. The predicted molar refractivity (Wildman–Crippen MR) is 71.4 cm³/mol. The Morgan fingerprint density at radius 3 is 2.35 bits per heavy atom. The second-order valence-electron chi connectivity index (χ2n) is 4.53. The van der Waals surface area contributed by atoms with Crippen LogP contribution in [0.1, 0.15) is 11.6 Å². The lowest BCUT2D eigenvalue weighted by Crippen LogP contribution is -2.49. The molecular formula is C12H13Cl2F3N2O. The van der Waals surface area contributed by atoms with E-state index in [2.05, 4.69) is 5.32 Å². The van der Waals surface area contributed by atoms with E-state index >= 15 is 0 Å². The van der Waals surface area contributed by atoms with Crippen LogP contribution in [0.4, 0.5) is 13.2 Å². The van der Waals surface area contributed by atoms with E-state index < -0.39 is 18.0 Å². The fraction of sp³-hybridized carbons (Fsp3) is 0.500. The number of aromatic hydroxyl groups is 1. The molecule has 0 radical (unpaired) electrons. The molecule has 1 aromatic carbocycles. The highest BCUT2D eigenvalue weighted by atomic mass is 35.5. The van der Waals surface area contributed by atoms with E-state index in [0.717, 1.165) is 0 Å². The van der Waals surface area contributed by atoms with Gasteiger partial charge in [0.1, 0.15) is 16.8 Å². The predicted octanol–water partition coefficient (Wildman–Crippen LogP) is 3.21. The van der Waals surface area contributed by atoms with E-state index in [-0.39, 0.29) is 28.7 Å². The van der Waals surface area contributed by atoms with Gasteiger partial charge in [0.15, 0.2) is 0 Å². The van der Waals surface area contributed by atoms with Crippen molar-refractivity contribution >= 4 is 23.2 Å². The van der Waals surface area contributed by atoms with Crippen LogP contribution in [0.3, 0.4) is 0 Å². The van der Waals surface area contributed by atoms with E-state index in [1.165, 1.54) is 17.0 Å². The van der Waals surface area contributed by atoms with Crippen molar-refractivity contribution in [2.24, 2.45) is 0 Å². The summed E-state index contributed by atoms with van der Waals surface area (Å²) in [6, 6.07) is 0.545. The summed E-state index contributed by atoms with van der Waals surface area (Å²) in [6.45, 7) is 1.41. The molecule has 1 fully saturated rings. The Hall–Kier alpha value is -0.690. The van der Waals surface area contributed by atoms with Crippen molar-refractivity contribution < 1.29 is 18.3 Å². The summed E-state index contributed by atoms with van der Waals surface area (Å²) in [7, 11) is 0. The minimum Gasteiger partial charge on any atom is -0.506 e. The van der Waals surface area contributed by atoms with Gasteiger partial charge in [-0.3, -0.25) is 4.90 Å². The van der Waals surface area contributed by atoms with Crippen LogP contribution in [-0.4, -0.2) is 42.4 Å². The average molecular weight is 329 g/mol. The van der Waals surface area contributed by atoms with E-state index in [4.69, 9.17) is 23.2 Å². The van der Waals surface area contributed by atoms with Crippen LogP contribution < -0.4 is 5.32 Å². The Bertz CT molecular complexity index is 490. The molecule has 0 spiro atoms. The Kier molecular flexibility index (Phi) is 4.69. The van der Waals surface area contributed by atoms with Crippen LogP contribution in [0, 0.1) is 0 Å². The number of hydrogen-bond donors (Lipinski definition) is 2. The third kappa shape index (κ3) is 3.14. The van der Waals surface area contributed by atoms with Crippen molar-refractivity contribution in [1.29, 1.82) is 0 Å². The zero-order valence-electron chi connectivity index (χ0n) is 10.3. The van der Waals surface area contributed by atoms with E-state index in [9.17, 15) is 18.3 Å². The van der Waals surface area contributed by atoms with E-state index in [1.807, 2.05) is 0 Å². The zero-order chi connectivity index (χ0) is 14.9. The highest BCUT2D eigenvalue weighted by molar-refractivity contribution is 6.43. The number of nitrogens with one attached hydrogen (secondary N) is 1. The third-order valence-corrected chi connectivity index (χ3v) is 4.02. The molecule has 2 N–H and O–H groups in total. The molecule has 2 rings (SSSR count). The van der Waals surface area contributed by atoms with Gasteiger partial charge in [-0.2, -0.15) is 13.2 Å². The summed E-state index contributed by atoms with van der Waals surface area (Å²) in [6.07, 6.45) is -4.51. The molecule has 0 saturated carbocycles. The molecule has 0 amide bonds. The monoisotopic (exact) mass is 328 g/mol. The van der Waals surface area contributed by atoms with Crippen molar-refractivity contribution in [3.63, 3.8) is 0 Å². The first-order valence-corrected chi connectivity index (χ1v) is 6.76. The molecular weight excluding hydrogens is 316 g/mol. The molecule has 20 heavy (non-hydrogen) atoms. The van der Waals surface area contributed by atoms with Crippen molar-refractivity contribution in [2.45, 2.75) is 12.2 Å². The summed E-state index contributed by atoms with van der Waals surface area (Å²) in [5, 5.41) is 12.6. The maximum absolute atomic E-state index is 13.4. The molecule has 0 bridgehead atoms. The van der Waals surface area contributed by atoms with Gasteiger partial charge in [-0.25, -0.2) is 0 Å². The van der Waals surface area contributed by atoms with Gasteiger partial charge >= 0.3 is 6.18 Å². The second kappa shape index (κ2) is 5.97.